The van der Waals surface area contributed by atoms with E-state index in [-0.39, 0.29) is 43.1 Å². The minimum Gasteiger partial charge on any atom is -0.543 e. The number of piperazine rings is 1. The van der Waals surface area contributed by atoms with Gasteiger partial charge < -0.3 is 41.0 Å². The molecule has 0 saturated carbocycles. The largest absolute Gasteiger partial charge is 0.543 e. The Morgan fingerprint density at radius 1 is 1.12 bits per heavy atom. The molecule has 0 aliphatic carbocycles. The summed E-state index contributed by atoms with van der Waals surface area (Å²) in [7, 11) is 1.74. The highest BCUT2D eigenvalue weighted by molar-refractivity contribution is 8.01. The molecule has 0 radical (unpaired) electrons. The van der Waals surface area contributed by atoms with Crippen LogP contribution in [-0.2, 0) is 28.8 Å². The van der Waals surface area contributed by atoms with E-state index in [2.05, 4.69) is 21.4 Å². The number of phenolic OH excluding ortho intramolecular Hbond substituents is 2. The predicted octanol–water partition coefficient (Wildman–Crippen LogP) is -2.73. The summed E-state index contributed by atoms with van der Waals surface area (Å²) >= 11 is 2.39. The van der Waals surface area contributed by atoms with Gasteiger partial charge in [-0.15, -0.1) is 23.5 Å². The van der Waals surface area contributed by atoms with Crippen molar-refractivity contribution < 1.29 is 53.6 Å². The number of hydrogen-bond acceptors (Lipinski definition) is 13. The first-order chi connectivity index (χ1) is 23.9. The molecule has 50 heavy (non-hydrogen) atoms. The molecule has 1 aromatic carbocycles. The number of rotatable bonds is 12. The second-order valence-corrected chi connectivity index (χ2v) is 13.2. The van der Waals surface area contributed by atoms with Gasteiger partial charge in [0.15, 0.2) is 11.5 Å². The lowest BCUT2D eigenvalue weighted by atomic mass is 9.94. The summed E-state index contributed by atoms with van der Waals surface area (Å²) in [6.45, 7) is 1.73. The predicted molar refractivity (Wildman–Crippen MR) is 173 cm³/mol. The van der Waals surface area contributed by atoms with E-state index in [1.165, 1.54) is 22.7 Å². The molecule has 5 rings (SSSR count). The number of carbonyl (C=O) groups is 7. The van der Waals surface area contributed by atoms with E-state index in [9.17, 15) is 48.9 Å². The summed E-state index contributed by atoms with van der Waals surface area (Å²) in [5, 5.41) is 38.3. The molecule has 6 N–H and O–H groups in total. The number of carbonyl (C=O) groups excluding carboxylic acids is 7. The number of amides is 7. The average Bonchev–Trinajstić information content (AvgIpc) is 3.11. The van der Waals surface area contributed by atoms with Crippen LogP contribution in [0.4, 0.5) is 4.79 Å². The van der Waals surface area contributed by atoms with Gasteiger partial charge in [-0.25, -0.2) is 4.79 Å². The van der Waals surface area contributed by atoms with Crippen LogP contribution >= 0.6 is 23.5 Å². The van der Waals surface area contributed by atoms with Crippen LogP contribution in [0.3, 0.4) is 0 Å². The Morgan fingerprint density at radius 2 is 1.84 bits per heavy atom. The van der Waals surface area contributed by atoms with Crippen molar-refractivity contribution in [3.63, 3.8) is 0 Å². The highest BCUT2D eigenvalue weighted by Gasteiger charge is 2.65. The molecule has 2 saturated heterocycles. The van der Waals surface area contributed by atoms with Crippen LogP contribution in [0.1, 0.15) is 18.5 Å². The molecule has 7 amide bonds. The molecule has 0 bridgehead atoms. The molecular weight excluding hydrogens is 697 g/mol. The first kappa shape index (κ1) is 35.8. The van der Waals surface area contributed by atoms with Gasteiger partial charge in [0, 0.05) is 48.2 Å². The third kappa shape index (κ3) is 6.58. The summed E-state index contributed by atoms with van der Waals surface area (Å²) in [5.74, 6) is -6.81. The molecular formula is C30H32N8O10S2. The second kappa shape index (κ2) is 14.5. The molecule has 1 unspecified atom stereocenters. The number of aromatic nitrogens is 1. The number of urea groups is 1. The van der Waals surface area contributed by atoms with Crippen molar-refractivity contribution in [3.05, 3.63) is 59.6 Å². The molecule has 0 spiro atoms. The van der Waals surface area contributed by atoms with Crippen molar-refractivity contribution in [2.45, 2.75) is 28.9 Å². The van der Waals surface area contributed by atoms with E-state index < -0.39 is 69.9 Å². The maximum atomic E-state index is 14.0. The van der Waals surface area contributed by atoms with E-state index in [0.29, 0.717) is 10.5 Å². The van der Waals surface area contributed by atoms with Crippen LogP contribution in [0.25, 0.3) is 0 Å². The highest BCUT2D eigenvalue weighted by Crippen LogP contribution is 2.46. The number of phenols is 2. The van der Waals surface area contributed by atoms with E-state index in [1.807, 2.05) is 12.1 Å². The summed E-state index contributed by atoms with van der Waals surface area (Å²) in [5.41, 5.74) is 0.572. The molecule has 1 aromatic heterocycles. The third-order valence-electron chi connectivity index (χ3n) is 8.22. The zero-order chi connectivity index (χ0) is 36.3. The number of hydrogen-bond donors (Lipinski definition) is 6. The SMILES string of the molecule is CCN1CCN(C(=O)NC(C(=O)N[C@]2(NC=O)C(=O)N3C(C(=O)[O-])=C(CSc4cc[n+](NC)cc4)CS[C@@H]32)c2ccc(O)c(O)c2)C(=O)C1=O. The molecule has 2 fully saturated rings. The Labute approximate surface area is 292 Å². The Bertz CT molecular complexity index is 1790. The quantitative estimate of drug-likeness (QED) is 0.0248. The van der Waals surface area contributed by atoms with Crippen LogP contribution in [0.15, 0.2) is 58.9 Å². The van der Waals surface area contributed by atoms with Crippen molar-refractivity contribution in [1.29, 1.82) is 0 Å². The zero-order valence-electron chi connectivity index (χ0n) is 26.6. The van der Waals surface area contributed by atoms with Gasteiger partial charge in [-0.1, -0.05) is 10.7 Å². The van der Waals surface area contributed by atoms with Crippen molar-refractivity contribution in [2.75, 3.05) is 43.6 Å². The number of nitrogens with one attached hydrogen (secondary N) is 4. The topological polar surface area (TPSA) is 245 Å². The third-order valence-corrected chi connectivity index (χ3v) is 10.7. The van der Waals surface area contributed by atoms with Crippen LogP contribution in [-0.4, -0.2) is 116 Å². The van der Waals surface area contributed by atoms with E-state index in [4.69, 9.17) is 0 Å². The van der Waals surface area contributed by atoms with Gasteiger partial charge >= 0.3 is 17.8 Å². The number of β-lactam (4-membered cyclic amide) rings is 1. The molecule has 3 aliphatic heterocycles. The van der Waals surface area contributed by atoms with Gasteiger partial charge in [0.2, 0.25) is 30.4 Å². The number of likely N-dealkylation sites (N-methyl/N-ethyl adjacent to an activating group) is 1. The Hall–Kier alpha value is -5.50. The fraction of sp³-hybridized carbons (Fsp3) is 0.333. The Kier molecular flexibility index (Phi) is 10.4. The summed E-state index contributed by atoms with van der Waals surface area (Å²) < 4.78 is 1.71. The fourth-order valence-corrected chi connectivity index (χ4v) is 8.03. The van der Waals surface area contributed by atoms with E-state index in [0.717, 1.165) is 33.7 Å². The zero-order valence-corrected chi connectivity index (χ0v) is 28.2. The lowest BCUT2D eigenvalue weighted by molar-refractivity contribution is -0.647. The standard InChI is InChI=1S/C30H32N8O10S2/c1-3-35-10-11-37(25(44)24(35)43)29(48)33-21(16-4-5-19(40)20(41)12-16)23(42)34-30(32-15-39)27(47)38-22(26(45)46)17(14-50-28(30)38)13-49-18-6-8-36(31-2)9-7-18/h4-9,12,15,21,28,31H,3,10-11,13-14H2,1-2H3,(H5-,32,33,34,39,40,41,42,43,44,45,46,48)/t21?,28-,30-/m1/s1. The van der Waals surface area contributed by atoms with E-state index in [1.54, 1.807) is 31.0 Å². The number of pyridine rings is 1. The molecule has 3 atom stereocenters. The van der Waals surface area contributed by atoms with E-state index >= 15 is 0 Å². The number of aliphatic carboxylic acids is 1. The lowest BCUT2D eigenvalue weighted by Gasteiger charge is -2.57. The minimum atomic E-state index is -2.19. The number of imide groups is 1. The fourth-order valence-electron chi connectivity index (χ4n) is 5.58. The maximum Gasteiger partial charge on any atom is 0.325 e. The Balaban J connectivity index is 1.41. The second-order valence-electron chi connectivity index (χ2n) is 11.1. The van der Waals surface area contributed by atoms with Crippen LogP contribution < -0.4 is 31.2 Å². The summed E-state index contributed by atoms with van der Waals surface area (Å²) in [6, 6.07) is 3.87. The smallest absolute Gasteiger partial charge is 0.325 e. The molecule has 3 aliphatic rings. The number of fused-ring (bicyclic) bond motifs is 1. The van der Waals surface area contributed by atoms with Crippen LogP contribution in [0, 0.1) is 0 Å². The highest BCUT2D eigenvalue weighted by atomic mass is 32.2. The number of nitrogens with zero attached hydrogens (tertiary/aromatic N) is 4. The lowest BCUT2D eigenvalue weighted by Crippen LogP contribution is -2.85. The number of benzene rings is 1. The maximum absolute atomic E-state index is 14.0. The molecule has 4 heterocycles. The molecule has 20 heteroatoms. The monoisotopic (exact) mass is 728 g/mol. The number of carboxylic acid groups (broad SMARTS) is 1. The minimum absolute atomic E-state index is 0.0391. The van der Waals surface area contributed by atoms with Gasteiger partial charge in [0.1, 0.15) is 11.4 Å². The van der Waals surface area contributed by atoms with Crippen molar-refractivity contribution in [1.82, 2.24) is 30.7 Å². The first-order valence-corrected chi connectivity index (χ1v) is 17.1. The van der Waals surface area contributed by atoms with Gasteiger partial charge in [-0.3, -0.25) is 33.8 Å². The number of carboxylic acids is 1. The van der Waals surface area contributed by atoms with Crippen LogP contribution in [0.5, 0.6) is 11.5 Å². The summed E-state index contributed by atoms with van der Waals surface area (Å²) in [4.78, 5) is 93.9. The Morgan fingerprint density at radius 3 is 2.46 bits per heavy atom. The molecule has 264 valence electrons. The van der Waals surface area contributed by atoms with Crippen molar-refractivity contribution >= 4 is 65.6 Å². The average molecular weight is 729 g/mol. The molecule has 18 nitrogen and oxygen atoms in total. The first-order valence-electron chi connectivity index (χ1n) is 15.0. The van der Waals surface area contributed by atoms with Gasteiger partial charge in [0.25, 0.3) is 5.91 Å². The number of aromatic hydroxyl groups is 2. The van der Waals surface area contributed by atoms with Gasteiger partial charge in [-0.2, -0.15) is 5.43 Å². The summed E-state index contributed by atoms with van der Waals surface area (Å²) in [6.07, 6.45) is 3.68. The van der Waals surface area contributed by atoms with Crippen molar-refractivity contribution in [3.8, 4) is 11.5 Å². The number of thioether (sulfide) groups is 2. The van der Waals surface area contributed by atoms with Gasteiger partial charge in [0.05, 0.1) is 18.7 Å². The normalized spacial score (nSPS) is 20.8. The van der Waals surface area contributed by atoms with Gasteiger partial charge in [-0.05, 0) is 30.2 Å². The van der Waals surface area contributed by atoms with Crippen LogP contribution in [0.2, 0.25) is 0 Å². The molecule has 2 aromatic rings. The van der Waals surface area contributed by atoms with Crippen molar-refractivity contribution in [2.24, 2.45) is 0 Å².